The maximum atomic E-state index is 5.34. The number of rotatable bonds is 3. The van der Waals surface area contributed by atoms with Crippen LogP contribution in [-0.4, -0.2) is 21.7 Å². The largest absolute Gasteiger partial charge is 0.320 e. The summed E-state index contributed by atoms with van der Waals surface area (Å²) < 4.78 is 0. The normalized spacial score (nSPS) is 9.71. The molecule has 2 aromatic rings. The molecule has 17 heavy (non-hydrogen) atoms. The third kappa shape index (κ3) is 3.63. The fourth-order valence-corrected chi connectivity index (χ4v) is 2.03. The maximum Gasteiger partial charge on any atom is 0.183 e. The van der Waals surface area contributed by atoms with Crippen molar-refractivity contribution in [3.8, 4) is 11.8 Å². The topological polar surface area (TPSA) is 67.6 Å². The Kier molecular flexibility index (Phi) is 4.19. The summed E-state index contributed by atoms with van der Waals surface area (Å²) in [4.78, 5) is 4.06. The predicted octanol–water partition coefficient (Wildman–Crippen LogP) is 1.41. The van der Waals surface area contributed by atoms with Crippen molar-refractivity contribution < 1.29 is 0 Å². The van der Waals surface area contributed by atoms with Gasteiger partial charge in [-0.15, -0.1) is 0 Å². The van der Waals surface area contributed by atoms with Crippen LogP contribution >= 0.6 is 11.8 Å². The van der Waals surface area contributed by atoms with Crippen LogP contribution in [0, 0.1) is 11.8 Å². The summed E-state index contributed by atoms with van der Waals surface area (Å²) in [5.41, 5.74) is 7.54. The minimum Gasteiger partial charge on any atom is -0.320 e. The fraction of sp³-hybridized carbons (Fsp3) is 0.167. The van der Waals surface area contributed by atoms with E-state index in [-0.39, 0.29) is 0 Å². The summed E-state index contributed by atoms with van der Waals surface area (Å²) in [6.07, 6.45) is 1.51. The van der Waals surface area contributed by atoms with Gasteiger partial charge in [-0.1, -0.05) is 35.7 Å². The summed E-state index contributed by atoms with van der Waals surface area (Å²) in [7, 11) is 0. The van der Waals surface area contributed by atoms with E-state index < -0.39 is 0 Å². The first-order valence-corrected chi connectivity index (χ1v) is 6.13. The van der Waals surface area contributed by atoms with Crippen molar-refractivity contribution in [2.45, 2.75) is 10.9 Å². The van der Waals surface area contributed by atoms with Gasteiger partial charge in [-0.3, -0.25) is 5.10 Å². The van der Waals surface area contributed by atoms with Crippen LogP contribution in [0.3, 0.4) is 0 Å². The lowest BCUT2D eigenvalue weighted by Gasteiger charge is -1.99. The van der Waals surface area contributed by atoms with Gasteiger partial charge < -0.3 is 5.73 Å². The quantitative estimate of drug-likeness (QED) is 0.632. The molecule has 0 saturated carbocycles. The monoisotopic (exact) mass is 244 g/mol. The Morgan fingerprint density at radius 3 is 3.12 bits per heavy atom. The molecule has 0 aliphatic rings. The van der Waals surface area contributed by atoms with E-state index in [9.17, 15) is 0 Å². The van der Waals surface area contributed by atoms with E-state index in [1.165, 1.54) is 11.9 Å². The Labute approximate surface area is 104 Å². The lowest BCUT2D eigenvalue weighted by Crippen LogP contribution is -1.93. The standard InChI is InChI=1S/C12H12N4S/c13-6-2-5-10-3-1-4-11(7-10)8-17-12-14-9-15-16-12/h1,3-4,7,9H,6,8,13H2,(H,14,15,16). The first-order valence-electron chi connectivity index (χ1n) is 5.14. The SMILES string of the molecule is NCC#Cc1cccc(CSc2ncn[nH]2)c1. The second-order valence-corrected chi connectivity index (χ2v) is 4.25. The molecule has 2 rings (SSSR count). The number of aromatic amines is 1. The summed E-state index contributed by atoms with van der Waals surface area (Å²) in [5, 5.41) is 7.44. The molecule has 0 radical (unpaired) electrons. The molecule has 0 amide bonds. The lowest BCUT2D eigenvalue weighted by atomic mass is 10.1. The molecule has 0 spiro atoms. The molecule has 0 atom stereocenters. The lowest BCUT2D eigenvalue weighted by molar-refractivity contribution is 0.973. The number of thioether (sulfide) groups is 1. The molecule has 1 aromatic carbocycles. The summed E-state index contributed by atoms with van der Waals surface area (Å²) in [6.45, 7) is 0.386. The highest BCUT2D eigenvalue weighted by Crippen LogP contribution is 2.18. The van der Waals surface area contributed by atoms with Gasteiger partial charge in [0.2, 0.25) is 0 Å². The third-order valence-electron chi connectivity index (χ3n) is 2.03. The van der Waals surface area contributed by atoms with Crippen LogP contribution in [0.1, 0.15) is 11.1 Å². The Morgan fingerprint density at radius 1 is 1.41 bits per heavy atom. The Balaban J connectivity index is 2.01. The average molecular weight is 244 g/mol. The van der Waals surface area contributed by atoms with Crippen LogP contribution in [0.15, 0.2) is 35.7 Å². The predicted molar refractivity (Wildman–Crippen MR) is 68.3 cm³/mol. The highest BCUT2D eigenvalue weighted by Gasteiger charge is 1.98. The average Bonchev–Trinajstić information content (AvgIpc) is 2.87. The molecule has 1 aromatic heterocycles. The Hall–Kier alpha value is -1.77. The first kappa shape index (κ1) is 11.7. The molecule has 1 heterocycles. The maximum absolute atomic E-state index is 5.34. The zero-order valence-corrected chi connectivity index (χ0v) is 10.00. The van der Waals surface area contributed by atoms with Crippen LogP contribution in [0.25, 0.3) is 0 Å². The minimum absolute atomic E-state index is 0.386. The zero-order chi connectivity index (χ0) is 11.9. The zero-order valence-electron chi connectivity index (χ0n) is 9.18. The molecule has 0 fully saturated rings. The highest BCUT2D eigenvalue weighted by atomic mass is 32.2. The molecule has 0 aliphatic carbocycles. The van der Waals surface area contributed by atoms with E-state index in [0.29, 0.717) is 6.54 Å². The van der Waals surface area contributed by atoms with Crippen molar-refractivity contribution in [2.24, 2.45) is 5.73 Å². The van der Waals surface area contributed by atoms with Crippen molar-refractivity contribution in [2.75, 3.05) is 6.54 Å². The Morgan fingerprint density at radius 2 is 2.35 bits per heavy atom. The molecule has 5 heteroatoms. The van der Waals surface area contributed by atoms with Gasteiger partial charge in [0, 0.05) is 11.3 Å². The van der Waals surface area contributed by atoms with Crippen molar-refractivity contribution in [1.82, 2.24) is 15.2 Å². The molecular weight excluding hydrogens is 232 g/mol. The second-order valence-electron chi connectivity index (χ2n) is 3.29. The van der Waals surface area contributed by atoms with Gasteiger partial charge in [-0.25, -0.2) is 4.98 Å². The van der Waals surface area contributed by atoms with Gasteiger partial charge in [0.15, 0.2) is 5.16 Å². The smallest absolute Gasteiger partial charge is 0.183 e. The van der Waals surface area contributed by atoms with Gasteiger partial charge in [-0.05, 0) is 17.7 Å². The molecule has 0 aliphatic heterocycles. The van der Waals surface area contributed by atoms with Gasteiger partial charge in [-0.2, -0.15) is 5.10 Å². The number of aromatic nitrogens is 3. The van der Waals surface area contributed by atoms with Crippen LogP contribution in [0.5, 0.6) is 0 Å². The minimum atomic E-state index is 0.386. The van der Waals surface area contributed by atoms with Crippen LogP contribution < -0.4 is 5.73 Å². The van der Waals surface area contributed by atoms with Crippen molar-refractivity contribution in [3.63, 3.8) is 0 Å². The van der Waals surface area contributed by atoms with Gasteiger partial charge in [0.25, 0.3) is 0 Å². The van der Waals surface area contributed by atoms with Gasteiger partial charge >= 0.3 is 0 Å². The number of hydrogen-bond donors (Lipinski definition) is 2. The number of nitrogens with one attached hydrogen (secondary N) is 1. The summed E-state index contributed by atoms with van der Waals surface area (Å²) in [6, 6.07) is 8.10. The van der Waals surface area contributed by atoms with E-state index in [4.69, 9.17) is 5.73 Å². The van der Waals surface area contributed by atoms with E-state index >= 15 is 0 Å². The van der Waals surface area contributed by atoms with Crippen molar-refractivity contribution >= 4 is 11.8 Å². The molecular formula is C12H12N4S. The summed E-state index contributed by atoms with van der Waals surface area (Å²) >= 11 is 1.61. The number of nitrogens with two attached hydrogens (primary N) is 1. The third-order valence-corrected chi connectivity index (χ3v) is 2.98. The van der Waals surface area contributed by atoms with Crippen LogP contribution in [0.2, 0.25) is 0 Å². The molecule has 3 N–H and O–H groups in total. The number of benzene rings is 1. The number of nitrogens with zero attached hydrogens (tertiary/aromatic N) is 2. The van der Waals surface area contributed by atoms with Crippen molar-refractivity contribution in [3.05, 3.63) is 41.7 Å². The highest BCUT2D eigenvalue weighted by molar-refractivity contribution is 7.98. The fourth-order valence-electron chi connectivity index (χ4n) is 1.31. The van der Waals surface area contributed by atoms with E-state index in [2.05, 4.69) is 39.2 Å². The number of hydrogen-bond acceptors (Lipinski definition) is 4. The van der Waals surface area contributed by atoms with E-state index in [1.54, 1.807) is 11.8 Å². The van der Waals surface area contributed by atoms with E-state index in [1.807, 2.05) is 12.1 Å². The van der Waals surface area contributed by atoms with Crippen LogP contribution in [0.4, 0.5) is 0 Å². The van der Waals surface area contributed by atoms with Crippen LogP contribution in [-0.2, 0) is 5.75 Å². The molecule has 0 bridgehead atoms. The number of H-pyrrole nitrogens is 1. The van der Waals surface area contributed by atoms with Gasteiger partial charge in [0.05, 0.1) is 6.54 Å². The molecule has 0 unspecified atom stereocenters. The molecule has 0 saturated heterocycles. The summed E-state index contributed by atoms with van der Waals surface area (Å²) in [5.74, 6) is 6.70. The van der Waals surface area contributed by atoms with E-state index in [0.717, 1.165) is 16.5 Å². The van der Waals surface area contributed by atoms with Crippen molar-refractivity contribution in [1.29, 1.82) is 0 Å². The Bertz CT molecular complexity index is 525. The molecule has 4 nitrogen and oxygen atoms in total. The molecule has 86 valence electrons. The first-order chi connectivity index (χ1) is 8.38. The van der Waals surface area contributed by atoms with Gasteiger partial charge in [0.1, 0.15) is 6.33 Å². The second kappa shape index (κ2) is 6.09.